The molecule has 30 heavy (non-hydrogen) atoms. The molecule has 8 heteroatoms. The summed E-state index contributed by atoms with van der Waals surface area (Å²) in [5, 5.41) is 1.98. The lowest BCUT2D eigenvalue weighted by Crippen LogP contribution is -2.26. The van der Waals surface area contributed by atoms with Crippen molar-refractivity contribution in [3.05, 3.63) is 77.6 Å². The topological polar surface area (TPSA) is 89.9 Å². The highest BCUT2D eigenvalue weighted by molar-refractivity contribution is 7.85. The first-order valence-corrected chi connectivity index (χ1v) is 10.8. The van der Waals surface area contributed by atoms with Crippen LogP contribution in [-0.4, -0.2) is 31.3 Å². The fourth-order valence-corrected chi connectivity index (χ4v) is 3.41. The average Bonchev–Trinajstić information content (AvgIpc) is 2.68. The van der Waals surface area contributed by atoms with E-state index < -0.39 is 39.9 Å². The SMILES string of the molecule is CC(C)(Oc1cc(C(=O)OCCS(=O)(=O)O)ccc1F)c1cccc2ccccc12. The van der Waals surface area contributed by atoms with Gasteiger partial charge in [-0.3, -0.25) is 4.55 Å². The molecule has 0 bridgehead atoms. The highest BCUT2D eigenvalue weighted by Crippen LogP contribution is 2.34. The van der Waals surface area contributed by atoms with Crippen LogP contribution in [0.5, 0.6) is 5.75 Å². The zero-order chi connectivity index (χ0) is 21.9. The Bertz CT molecular complexity index is 1180. The number of esters is 1. The zero-order valence-electron chi connectivity index (χ0n) is 16.5. The Morgan fingerprint density at radius 3 is 2.50 bits per heavy atom. The summed E-state index contributed by atoms with van der Waals surface area (Å²) < 4.78 is 55.3. The van der Waals surface area contributed by atoms with Gasteiger partial charge in [0.15, 0.2) is 11.6 Å². The molecule has 0 radical (unpaired) electrons. The molecule has 0 aromatic heterocycles. The molecule has 3 aromatic carbocycles. The lowest BCUT2D eigenvalue weighted by Gasteiger charge is -2.28. The Hall–Kier alpha value is -2.97. The third kappa shape index (κ3) is 5.14. The van der Waals surface area contributed by atoms with Crippen LogP contribution < -0.4 is 4.74 Å². The van der Waals surface area contributed by atoms with Crippen molar-refractivity contribution in [1.82, 2.24) is 0 Å². The number of halogens is 1. The van der Waals surface area contributed by atoms with Gasteiger partial charge in [0.2, 0.25) is 0 Å². The number of hydrogen-bond donors (Lipinski definition) is 1. The average molecular weight is 432 g/mol. The number of carbonyl (C=O) groups is 1. The highest BCUT2D eigenvalue weighted by Gasteiger charge is 2.27. The van der Waals surface area contributed by atoms with Gasteiger partial charge in [-0.15, -0.1) is 0 Å². The minimum absolute atomic E-state index is 0.00421. The number of rotatable bonds is 7. The van der Waals surface area contributed by atoms with Gasteiger partial charge in [-0.25, -0.2) is 9.18 Å². The Morgan fingerprint density at radius 1 is 1.07 bits per heavy atom. The lowest BCUT2D eigenvalue weighted by molar-refractivity contribution is 0.0525. The molecule has 3 rings (SSSR count). The van der Waals surface area contributed by atoms with Crippen molar-refractivity contribution >= 4 is 26.9 Å². The molecule has 0 aliphatic heterocycles. The summed E-state index contributed by atoms with van der Waals surface area (Å²) in [5.74, 6) is -2.38. The molecule has 0 amide bonds. The molecule has 6 nitrogen and oxygen atoms in total. The van der Waals surface area contributed by atoms with Gasteiger partial charge in [0.25, 0.3) is 10.1 Å². The van der Waals surface area contributed by atoms with Crippen LogP contribution in [0.2, 0.25) is 0 Å². The second kappa shape index (κ2) is 8.41. The predicted molar refractivity (Wildman–Crippen MR) is 111 cm³/mol. The summed E-state index contributed by atoms with van der Waals surface area (Å²) in [6.07, 6.45) is 0. The lowest BCUT2D eigenvalue weighted by atomic mass is 9.92. The molecule has 0 saturated heterocycles. The summed E-state index contributed by atoms with van der Waals surface area (Å²) >= 11 is 0. The minimum Gasteiger partial charge on any atom is -0.480 e. The van der Waals surface area contributed by atoms with E-state index in [1.807, 2.05) is 42.5 Å². The molecule has 0 spiro atoms. The van der Waals surface area contributed by atoms with E-state index in [2.05, 4.69) is 0 Å². The van der Waals surface area contributed by atoms with Crippen molar-refractivity contribution in [2.24, 2.45) is 0 Å². The van der Waals surface area contributed by atoms with Crippen LogP contribution in [0.3, 0.4) is 0 Å². The summed E-state index contributed by atoms with van der Waals surface area (Å²) in [7, 11) is -4.25. The molecule has 1 N–H and O–H groups in total. The van der Waals surface area contributed by atoms with Crippen molar-refractivity contribution in [3.8, 4) is 5.75 Å². The van der Waals surface area contributed by atoms with Crippen LogP contribution >= 0.6 is 0 Å². The second-order valence-corrected chi connectivity index (χ2v) is 8.78. The molecular weight excluding hydrogens is 411 g/mol. The maximum atomic E-state index is 14.4. The van der Waals surface area contributed by atoms with E-state index in [1.165, 1.54) is 12.1 Å². The first-order chi connectivity index (χ1) is 14.1. The number of hydrogen-bond acceptors (Lipinski definition) is 5. The van der Waals surface area contributed by atoms with E-state index >= 15 is 0 Å². The van der Waals surface area contributed by atoms with Crippen LogP contribution in [0.1, 0.15) is 29.8 Å². The monoisotopic (exact) mass is 432 g/mol. The second-order valence-electron chi connectivity index (χ2n) is 7.21. The van der Waals surface area contributed by atoms with Crippen LogP contribution in [-0.2, 0) is 20.5 Å². The zero-order valence-corrected chi connectivity index (χ0v) is 17.3. The third-order valence-electron chi connectivity index (χ3n) is 4.54. The Kier molecular flexibility index (Phi) is 6.09. The molecule has 0 fully saturated rings. The first-order valence-electron chi connectivity index (χ1n) is 9.16. The van der Waals surface area contributed by atoms with E-state index in [1.54, 1.807) is 13.8 Å². The molecule has 3 aromatic rings. The van der Waals surface area contributed by atoms with Gasteiger partial charge in [0.05, 0.1) is 5.56 Å². The number of carbonyl (C=O) groups excluding carboxylic acids is 1. The third-order valence-corrected chi connectivity index (χ3v) is 5.23. The van der Waals surface area contributed by atoms with Gasteiger partial charge < -0.3 is 9.47 Å². The van der Waals surface area contributed by atoms with Gasteiger partial charge in [-0.1, -0.05) is 42.5 Å². The fourth-order valence-electron chi connectivity index (χ4n) is 3.11. The smallest absolute Gasteiger partial charge is 0.338 e. The van der Waals surface area contributed by atoms with Crippen LogP contribution in [0.15, 0.2) is 60.7 Å². The Balaban J connectivity index is 1.85. The molecule has 0 atom stereocenters. The Morgan fingerprint density at radius 2 is 1.77 bits per heavy atom. The maximum absolute atomic E-state index is 14.4. The largest absolute Gasteiger partial charge is 0.480 e. The molecule has 0 aliphatic carbocycles. The fraction of sp³-hybridized carbons (Fsp3) is 0.227. The van der Waals surface area contributed by atoms with Crippen molar-refractivity contribution in [2.45, 2.75) is 19.4 Å². The first kappa shape index (κ1) is 21.7. The van der Waals surface area contributed by atoms with Gasteiger partial charge in [0, 0.05) is 5.56 Å². The van der Waals surface area contributed by atoms with E-state index in [0.717, 1.165) is 22.4 Å². The van der Waals surface area contributed by atoms with Gasteiger partial charge in [0.1, 0.15) is 18.0 Å². The molecule has 0 heterocycles. The summed E-state index contributed by atoms with van der Waals surface area (Å²) in [5.41, 5.74) is -0.0774. The van der Waals surface area contributed by atoms with Gasteiger partial charge in [-0.05, 0) is 42.8 Å². The quantitative estimate of drug-likeness (QED) is 0.441. The van der Waals surface area contributed by atoms with Crippen molar-refractivity contribution < 1.29 is 31.6 Å². The molecular formula is C22H21FO6S. The van der Waals surface area contributed by atoms with Crippen molar-refractivity contribution in [1.29, 1.82) is 0 Å². The van der Waals surface area contributed by atoms with Gasteiger partial charge >= 0.3 is 5.97 Å². The number of benzene rings is 3. The van der Waals surface area contributed by atoms with Crippen molar-refractivity contribution in [2.75, 3.05) is 12.4 Å². The van der Waals surface area contributed by atoms with Crippen LogP contribution in [0.25, 0.3) is 10.8 Å². The van der Waals surface area contributed by atoms with Crippen LogP contribution in [0, 0.1) is 5.82 Å². The number of fused-ring (bicyclic) bond motifs is 1. The summed E-state index contributed by atoms with van der Waals surface area (Å²) in [6, 6.07) is 17.0. The normalized spacial score (nSPS) is 12.0. The van der Waals surface area contributed by atoms with E-state index in [9.17, 15) is 17.6 Å². The molecule has 158 valence electrons. The maximum Gasteiger partial charge on any atom is 0.338 e. The van der Waals surface area contributed by atoms with Crippen LogP contribution in [0.4, 0.5) is 4.39 Å². The number of ether oxygens (including phenoxy) is 2. The van der Waals surface area contributed by atoms with Gasteiger partial charge in [-0.2, -0.15) is 8.42 Å². The summed E-state index contributed by atoms with van der Waals surface area (Å²) in [4.78, 5) is 12.1. The van der Waals surface area contributed by atoms with Crippen molar-refractivity contribution in [3.63, 3.8) is 0 Å². The van der Waals surface area contributed by atoms with E-state index in [4.69, 9.17) is 14.0 Å². The highest BCUT2D eigenvalue weighted by atomic mass is 32.2. The predicted octanol–water partition coefficient (Wildman–Crippen LogP) is 4.34. The standard InChI is InChI=1S/C22H21FO6S/c1-22(2,18-9-5-7-15-6-3-4-8-17(15)18)29-20-14-16(10-11-19(20)23)21(24)28-12-13-30(25,26)27/h3-11,14H,12-13H2,1-2H3,(H,25,26,27). The summed E-state index contributed by atoms with van der Waals surface area (Å²) in [6.45, 7) is 3.07. The van der Waals surface area contributed by atoms with E-state index in [-0.39, 0.29) is 11.3 Å². The minimum atomic E-state index is -4.25. The van der Waals surface area contributed by atoms with E-state index in [0.29, 0.717) is 0 Å². The Labute approximate surface area is 174 Å². The molecule has 0 saturated carbocycles. The molecule has 0 aliphatic rings. The molecule has 0 unspecified atom stereocenters.